The minimum atomic E-state index is 0.103. The number of aromatic nitrogens is 5. The minimum Gasteiger partial charge on any atom is -0.378 e. The fourth-order valence-electron chi connectivity index (χ4n) is 4.22. The zero-order valence-electron chi connectivity index (χ0n) is 17.8. The van der Waals surface area contributed by atoms with Crippen molar-refractivity contribution in [3.63, 3.8) is 0 Å². The highest BCUT2D eigenvalue weighted by Crippen LogP contribution is 2.29. The molecule has 9 heteroatoms. The van der Waals surface area contributed by atoms with Gasteiger partial charge in [-0.1, -0.05) is 29.8 Å². The molecule has 32 heavy (non-hydrogen) atoms. The Bertz CT molecular complexity index is 1270. The van der Waals surface area contributed by atoms with Crippen molar-refractivity contribution < 1.29 is 4.74 Å². The molecule has 0 radical (unpaired) electrons. The SMILES string of the molecule is Cc1cccc(C2C=CN(c3cc(N4CCOCC4)n4nc(-c5cn[nH]c5)cc4n3)N2)c1. The van der Waals surface area contributed by atoms with Gasteiger partial charge >= 0.3 is 0 Å². The van der Waals surface area contributed by atoms with Crippen LogP contribution in [0.25, 0.3) is 16.9 Å². The van der Waals surface area contributed by atoms with Gasteiger partial charge in [-0.05, 0) is 18.6 Å². The highest BCUT2D eigenvalue weighted by Gasteiger charge is 2.23. The number of ether oxygens (including phenoxy) is 1. The van der Waals surface area contributed by atoms with E-state index in [1.165, 1.54) is 11.1 Å². The number of morpholine rings is 1. The first-order valence-electron chi connectivity index (χ1n) is 10.8. The van der Waals surface area contributed by atoms with Gasteiger partial charge in [0.25, 0.3) is 0 Å². The molecule has 0 aliphatic carbocycles. The minimum absolute atomic E-state index is 0.103. The monoisotopic (exact) mass is 428 g/mol. The normalized spacial score (nSPS) is 18.7. The Morgan fingerprint density at radius 2 is 2.03 bits per heavy atom. The molecule has 1 aromatic carbocycles. The predicted molar refractivity (Wildman–Crippen MR) is 122 cm³/mol. The van der Waals surface area contributed by atoms with E-state index in [4.69, 9.17) is 14.8 Å². The second-order valence-corrected chi connectivity index (χ2v) is 8.09. The molecule has 0 saturated carbocycles. The molecule has 2 N–H and O–H groups in total. The molecule has 0 amide bonds. The third-order valence-corrected chi connectivity index (χ3v) is 5.88. The molecule has 162 valence electrons. The van der Waals surface area contributed by atoms with Crippen molar-refractivity contribution >= 4 is 17.3 Å². The van der Waals surface area contributed by atoms with Crippen molar-refractivity contribution in [2.24, 2.45) is 0 Å². The third-order valence-electron chi connectivity index (χ3n) is 5.88. The molecule has 1 unspecified atom stereocenters. The van der Waals surface area contributed by atoms with Crippen molar-refractivity contribution in [1.29, 1.82) is 0 Å². The zero-order valence-corrected chi connectivity index (χ0v) is 17.8. The van der Waals surface area contributed by atoms with E-state index in [2.05, 4.69) is 63.9 Å². The van der Waals surface area contributed by atoms with Crippen molar-refractivity contribution in [1.82, 2.24) is 30.2 Å². The van der Waals surface area contributed by atoms with Crippen LogP contribution >= 0.6 is 0 Å². The highest BCUT2D eigenvalue weighted by molar-refractivity contribution is 5.67. The van der Waals surface area contributed by atoms with Crippen LogP contribution < -0.4 is 15.3 Å². The number of hydrazine groups is 1. The fourth-order valence-corrected chi connectivity index (χ4v) is 4.22. The lowest BCUT2D eigenvalue weighted by molar-refractivity contribution is 0.122. The summed E-state index contributed by atoms with van der Waals surface area (Å²) >= 11 is 0. The number of nitrogens with one attached hydrogen (secondary N) is 2. The summed E-state index contributed by atoms with van der Waals surface area (Å²) in [7, 11) is 0. The maximum Gasteiger partial charge on any atom is 0.160 e. The quantitative estimate of drug-likeness (QED) is 0.517. The van der Waals surface area contributed by atoms with Crippen LogP contribution in [-0.4, -0.2) is 51.1 Å². The lowest BCUT2D eigenvalue weighted by atomic mass is 10.1. The summed E-state index contributed by atoms with van der Waals surface area (Å²) in [6.07, 6.45) is 7.81. The smallest absolute Gasteiger partial charge is 0.160 e. The summed E-state index contributed by atoms with van der Waals surface area (Å²) in [6, 6.07) is 12.7. The summed E-state index contributed by atoms with van der Waals surface area (Å²) in [4.78, 5) is 7.21. The molecule has 1 fully saturated rings. The molecular formula is C23H24N8O. The molecule has 1 saturated heterocycles. The molecule has 4 aromatic rings. The predicted octanol–water partition coefficient (Wildman–Crippen LogP) is 2.84. The molecule has 2 aliphatic rings. The first-order chi connectivity index (χ1) is 15.7. The molecule has 1 atom stereocenters. The van der Waals surface area contributed by atoms with Crippen LogP contribution in [0.1, 0.15) is 17.2 Å². The van der Waals surface area contributed by atoms with E-state index in [0.717, 1.165) is 41.6 Å². The van der Waals surface area contributed by atoms with Crippen LogP contribution in [0.5, 0.6) is 0 Å². The molecule has 3 aromatic heterocycles. The summed E-state index contributed by atoms with van der Waals surface area (Å²) < 4.78 is 7.48. The van der Waals surface area contributed by atoms with E-state index in [0.29, 0.717) is 13.2 Å². The number of nitrogens with zero attached hydrogens (tertiary/aromatic N) is 6. The van der Waals surface area contributed by atoms with Crippen LogP contribution in [0.4, 0.5) is 11.6 Å². The van der Waals surface area contributed by atoms with Crippen molar-refractivity contribution in [2.45, 2.75) is 13.0 Å². The zero-order chi connectivity index (χ0) is 21.5. The first-order valence-corrected chi connectivity index (χ1v) is 10.8. The number of hydrogen-bond acceptors (Lipinski definition) is 7. The maximum atomic E-state index is 5.57. The Morgan fingerprint density at radius 3 is 2.84 bits per heavy atom. The number of fused-ring (bicyclic) bond motifs is 1. The average Bonchev–Trinajstić information content (AvgIpc) is 3.59. The van der Waals surface area contributed by atoms with Gasteiger partial charge in [-0.3, -0.25) is 10.1 Å². The van der Waals surface area contributed by atoms with Crippen molar-refractivity contribution in [3.05, 3.63) is 72.2 Å². The Labute approximate surface area is 185 Å². The number of hydrogen-bond donors (Lipinski definition) is 2. The van der Waals surface area contributed by atoms with E-state index < -0.39 is 0 Å². The van der Waals surface area contributed by atoms with Gasteiger partial charge < -0.3 is 9.64 Å². The van der Waals surface area contributed by atoms with Gasteiger partial charge in [0.1, 0.15) is 5.82 Å². The summed E-state index contributed by atoms with van der Waals surface area (Å²) in [5.41, 5.74) is 8.58. The van der Waals surface area contributed by atoms with Gasteiger partial charge in [0.15, 0.2) is 11.5 Å². The summed E-state index contributed by atoms with van der Waals surface area (Å²) in [5.74, 6) is 1.82. The second kappa shape index (κ2) is 7.77. The number of anilines is 2. The number of rotatable bonds is 4. The van der Waals surface area contributed by atoms with Gasteiger partial charge in [-0.2, -0.15) is 14.7 Å². The van der Waals surface area contributed by atoms with E-state index in [-0.39, 0.29) is 6.04 Å². The van der Waals surface area contributed by atoms with Crippen LogP contribution in [0.2, 0.25) is 0 Å². The largest absolute Gasteiger partial charge is 0.378 e. The molecule has 0 spiro atoms. The van der Waals surface area contributed by atoms with Crippen molar-refractivity contribution in [3.8, 4) is 11.3 Å². The fraction of sp³-hybridized carbons (Fsp3) is 0.261. The van der Waals surface area contributed by atoms with Crippen LogP contribution in [0.3, 0.4) is 0 Å². The molecule has 6 rings (SSSR count). The van der Waals surface area contributed by atoms with Crippen LogP contribution in [0, 0.1) is 6.92 Å². The topological polar surface area (TPSA) is 86.6 Å². The number of benzene rings is 1. The lowest BCUT2D eigenvalue weighted by Gasteiger charge is -2.29. The van der Waals surface area contributed by atoms with E-state index >= 15 is 0 Å². The van der Waals surface area contributed by atoms with Gasteiger partial charge in [-0.25, -0.2) is 10.4 Å². The Morgan fingerprint density at radius 1 is 1.12 bits per heavy atom. The van der Waals surface area contributed by atoms with Gasteiger partial charge in [0, 0.05) is 43.2 Å². The first kappa shape index (κ1) is 19.0. The van der Waals surface area contributed by atoms with E-state index in [1.54, 1.807) is 6.20 Å². The van der Waals surface area contributed by atoms with Crippen molar-refractivity contribution in [2.75, 3.05) is 36.2 Å². The molecule has 9 nitrogen and oxygen atoms in total. The van der Waals surface area contributed by atoms with Gasteiger partial charge in [-0.15, -0.1) is 0 Å². The van der Waals surface area contributed by atoms with Gasteiger partial charge in [0.05, 0.1) is 31.1 Å². The summed E-state index contributed by atoms with van der Waals surface area (Å²) in [6.45, 7) is 5.14. The molecule has 5 heterocycles. The number of H-pyrrole nitrogens is 1. The average molecular weight is 428 g/mol. The lowest BCUT2D eigenvalue weighted by Crippen LogP contribution is -2.38. The van der Waals surface area contributed by atoms with E-state index in [1.807, 2.05) is 28.0 Å². The highest BCUT2D eigenvalue weighted by atomic mass is 16.5. The molecular weight excluding hydrogens is 404 g/mol. The second-order valence-electron chi connectivity index (χ2n) is 8.09. The van der Waals surface area contributed by atoms with Crippen LogP contribution in [0.15, 0.2) is 61.1 Å². The van der Waals surface area contributed by atoms with E-state index in [9.17, 15) is 0 Å². The number of aryl methyl sites for hydroxylation is 1. The van der Waals surface area contributed by atoms with Gasteiger partial charge in [0.2, 0.25) is 0 Å². The maximum absolute atomic E-state index is 5.57. The number of aromatic amines is 1. The summed E-state index contributed by atoms with van der Waals surface area (Å²) in [5, 5.41) is 13.7. The molecule has 2 aliphatic heterocycles. The Balaban J connectivity index is 1.38. The third kappa shape index (κ3) is 3.41. The van der Waals surface area contributed by atoms with Crippen LogP contribution in [-0.2, 0) is 4.74 Å². The Kier molecular flexibility index (Phi) is 4.62. The Hall–Kier alpha value is -3.69. The standard InChI is InChI=1S/C23H24N8O/c1-16-3-2-4-17(11-16)19-5-6-30(27-19)21-13-23(29-7-9-32-10-8-29)31-22(26-21)12-20(28-31)18-14-24-25-15-18/h2-6,11-15,19,27H,7-10H2,1H3,(H,24,25). The molecule has 0 bridgehead atoms.